The quantitative estimate of drug-likeness (QED) is 0.125. The molecular formula is C45H54F2N10O12S. The molecule has 2 fully saturated rings. The third-order valence-electron chi connectivity index (χ3n) is 11.1. The highest BCUT2D eigenvalue weighted by Crippen LogP contribution is 2.26. The minimum absolute atomic E-state index is 0.0918. The molecule has 5 N–H and O–H groups in total. The largest absolute Gasteiger partial charge is 0.494 e. The Kier molecular flexibility index (Phi) is 17.3. The number of ether oxygens (including phenoxy) is 6. The molecule has 0 bridgehead atoms. The number of benzene rings is 2. The summed E-state index contributed by atoms with van der Waals surface area (Å²) >= 11 is 0. The van der Waals surface area contributed by atoms with Crippen LogP contribution in [0.5, 0.6) is 11.5 Å². The fraction of sp³-hybridized carbons (Fsp3) is 0.467. The van der Waals surface area contributed by atoms with Crippen LogP contribution in [0.1, 0.15) is 68.0 Å². The highest BCUT2D eigenvalue weighted by atomic mass is 32.2. The Labute approximate surface area is 402 Å². The molecular weight excluding hydrogens is 943 g/mol. The van der Waals surface area contributed by atoms with Crippen molar-refractivity contribution in [3.63, 3.8) is 0 Å². The van der Waals surface area contributed by atoms with E-state index in [0.717, 1.165) is 6.26 Å². The summed E-state index contributed by atoms with van der Waals surface area (Å²) in [5, 5.41) is 13.8. The van der Waals surface area contributed by atoms with Gasteiger partial charge in [0.1, 0.15) is 46.7 Å². The molecule has 6 heterocycles. The van der Waals surface area contributed by atoms with Crippen molar-refractivity contribution < 1.29 is 64.9 Å². The monoisotopic (exact) mass is 996 g/mol. The zero-order chi connectivity index (χ0) is 50.0. The van der Waals surface area contributed by atoms with Crippen molar-refractivity contribution in [2.45, 2.75) is 76.4 Å². The number of methoxy groups -OCH3 is 2. The third kappa shape index (κ3) is 13.9. The number of halogens is 2. The highest BCUT2D eigenvalue weighted by molar-refractivity contribution is 7.88. The SMILES string of the molecule is COc1cc(CNC(=O)c2cc(C3=NO[C@H]([C@H]4CO[C@H](CN)CO4)C3)nc(C)n2)ccc1F.COc1cc(CNC(=O)c2cc(C3=NO[C@H]([C@H]4CO[C@H](CNS(C)(=O)=O)CO4)C3)nc(C)n2)ccc1F. The van der Waals surface area contributed by atoms with Gasteiger partial charge < -0.3 is 54.5 Å². The van der Waals surface area contributed by atoms with Crippen LogP contribution in [0.3, 0.4) is 0 Å². The summed E-state index contributed by atoms with van der Waals surface area (Å²) < 4.78 is 85.0. The van der Waals surface area contributed by atoms with E-state index in [2.05, 4.69) is 45.6 Å². The van der Waals surface area contributed by atoms with Gasteiger partial charge in [-0.15, -0.1) is 0 Å². The molecule has 22 nitrogen and oxygen atoms in total. The summed E-state index contributed by atoms with van der Waals surface area (Å²) in [6, 6.07) is 11.8. The maximum Gasteiger partial charge on any atom is 0.270 e. The van der Waals surface area contributed by atoms with Gasteiger partial charge in [-0.25, -0.2) is 41.9 Å². The third-order valence-corrected chi connectivity index (χ3v) is 11.8. The van der Waals surface area contributed by atoms with Gasteiger partial charge in [-0.2, -0.15) is 0 Å². The first kappa shape index (κ1) is 51.5. The topological polar surface area (TPSA) is 281 Å². The van der Waals surface area contributed by atoms with E-state index in [1.807, 2.05) is 0 Å². The van der Waals surface area contributed by atoms with E-state index in [9.17, 15) is 26.8 Å². The smallest absolute Gasteiger partial charge is 0.270 e. The van der Waals surface area contributed by atoms with Crippen molar-refractivity contribution in [2.24, 2.45) is 16.0 Å². The molecule has 2 aromatic heterocycles. The predicted molar refractivity (Wildman–Crippen MR) is 245 cm³/mol. The second kappa shape index (κ2) is 23.5. The minimum atomic E-state index is -3.31. The van der Waals surface area contributed by atoms with Gasteiger partial charge in [0, 0.05) is 39.0 Å². The molecule has 0 aliphatic carbocycles. The lowest BCUT2D eigenvalue weighted by Gasteiger charge is -2.31. The Bertz CT molecular complexity index is 2690. The first-order chi connectivity index (χ1) is 33.6. The van der Waals surface area contributed by atoms with Crippen LogP contribution in [0.15, 0.2) is 58.8 Å². The highest BCUT2D eigenvalue weighted by Gasteiger charge is 2.37. The first-order valence-electron chi connectivity index (χ1n) is 22.1. The Hall–Kier alpha value is -6.35. The first-order valence-corrected chi connectivity index (χ1v) is 24.0. The normalized spacial score (nSPS) is 22.1. The van der Waals surface area contributed by atoms with Crippen molar-refractivity contribution in [3.8, 4) is 11.5 Å². The minimum Gasteiger partial charge on any atom is -0.494 e. The molecule has 0 radical (unpaired) electrons. The van der Waals surface area contributed by atoms with Gasteiger partial charge >= 0.3 is 0 Å². The number of hydrogen-bond acceptors (Lipinski definition) is 19. The van der Waals surface area contributed by atoms with Crippen LogP contribution in [0.4, 0.5) is 8.78 Å². The second-order valence-electron chi connectivity index (χ2n) is 16.5. The average molecular weight is 997 g/mol. The van der Waals surface area contributed by atoms with E-state index in [1.54, 1.807) is 32.0 Å². The summed E-state index contributed by atoms with van der Waals surface area (Å²) in [5.74, 6) is -0.755. The van der Waals surface area contributed by atoms with E-state index in [-0.39, 0.29) is 74.0 Å². The number of nitrogens with zero attached hydrogens (tertiary/aromatic N) is 6. The molecule has 8 rings (SSSR count). The number of hydrogen-bond donors (Lipinski definition) is 4. The standard InChI is InChI=1S/C23H28FN5O7S.C22H26FN5O5/c1-13-27-17(7-19(28-13)23(30)25-9-14-4-5-16(24)20(6-14)33-2)18-8-21(36-29-18)22-12-34-15(11-35-22)10-26-37(3,31)32;1-12-26-16(17-7-20(33-28-17)21-11-31-14(8-24)10-32-21)6-18(27-12)22(29)25-9-13-3-4-15(23)19(5-13)30-2/h4-7,15,21-22,26H,8-12H2,1-3H3,(H,25,30);3-6,14,20-21H,7-11,24H2,1-2H3,(H,25,29)/t15-,21+,22-;14-,20+,21-/m11/s1. The number of aromatic nitrogens is 4. The Morgan fingerprint density at radius 2 is 1.13 bits per heavy atom. The molecule has 4 aliphatic heterocycles. The number of carbonyl (C=O) groups excluding carboxylic acids is 2. The molecule has 0 unspecified atom stereocenters. The lowest BCUT2D eigenvalue weighted by atomic mass is 10.0. The molecule has 2 amide bonds. The van der Waals surface area contributed by atoms with Gasteiger partial charge in [0.05, 0.1) is 70.5 Å². The average Bonchev–Trinajstić information content (AvgIpc) is 4.07. The molecule has 376 valence electrons. The van der Waals surface area contributed by atoms with Crippen LogP contribution < -0.4 is 30.6 Å². The summed E-state index contributed by atoms with van der Waals surface area (Å²) in [6.45, 7) is 5.44. The predicted octanol–water partition coefficient (Wildman–Crippen LogP) is 1.79. The second-order valence-corrected chi connectivity index (χ2v) is 18.3. The number of nitrogens with two attached hydrogens (primary N) is 1. The van der Waals surface area contributed by atoms with Gasteiger partial charge in [0.15, 0.2) is 35.3 Å². The van der Waals surface area contributed by atoms with Gasteiger partial charge in [0.25, 0.3) is 11.8 Å². The maximum absolute atomic E-state index is 13.6. The summed E-state index contributed by atoms with van der Waals surface area (Å²) in [6.07, 6.45) is 0.0546. The van der Waals surface area contributed by atoms with Crippen LogP contribution >= 0.6 is 0 Å². The molecule has 4 aliphatic rings. The molecule has 70 heavy (non-hydrogen) atoms. The molecule has 6 atom stereocenters. The van der Waals surface area contributed by atoms with Crippen LogP contribution in [-0.4, -0.2) is 148 Å². The Morgan fingerprint density at radius 1 is 0.671 bits per heavy atom. The van der Waals surface area contributed by atoms with Crippen molar-refractivity contribution >= 4 is 33.3 Å². The van der Waals surface area contributed by atoms with E-state index >= 15 is 0 Å². The molecule has 0 saturated carbocycles. The fourth-order valence-electron chi connectivity index (χ4n) is 7.38. The van der Waals surface area contributed by atoms with Crippen molar-refractivity contribution in [1.82, 2.24) is 35.3 Å². The zero-order valence-corrected chi connectivity index (χ0v) is 39.8. The lowest BCUT2D eigenvalue weighted by Crippen LogP contribution is -2.46. The number of rotatable bonds is 16. The van der Waals surface area contributed by atoms with E-state index < -0.39 is 51.8 Å². The Balaban J connectivity index is 0.000000208. The molecule has 2 saturated heterocycles. The number of oxime groups is 2. The van der Waals surface area contributed by atoms with Crippen LogP contribution in [0.25, 0.3) is 0 Å². The maximum atomic E-state index is 13.6. The van der Waals surface area contributed by atoms with Gasteiger partial charge in [0.2, 0.25) is 10.0 Å². The van der Waals surface area contributed by atoms with E-state index in [1.165, 1.54) is 44.6 Å². The number of carbonyl (C=O) groups is 2. The fourth-order valence-corrected chi connectivity index (χ4v) is 7.86. The number of amides is 2. The van der Waals surface area contributed by atoms with Crippen molar-refractivity contribution in [1.29, 1.82) is 0 Å². The summed E-state index contributed by atoms with van der Waals surface area (Å²) in [7, 11) is -0.558. The van der Waals surface area contributed by atoms with E-state index in [4.69, 9.17) is 43.8 Å². The molecule has 4 aromatic rings. The van der Waals surface area contributed by atoms with Crippen LogP contribution in [-0.2, 0) is 51.7 Å². The zero-order valence-electron chi connectivity index (χ0n) is 39.0. The molecule has 0 spiro atoms. The van der Waals surface area contributed by atoms with Crippen molar-refractivity contribution in [2.75, 3.05) is 60.0 Å². The van der Waals surface area contributed by atoms with Gasteiger partial charge in [-0.05, 0) is 61.4 Å². The summed E-state index contributed by atoms with van der Waals surface area (Å²) in [4.78, 5) is 53.8. The van der Waals surface area contributed by atoms with Crippen LogP contribution in [0, 0.1) is 25.5 Å². The number of aryl methyl sites for hydroxylation is 2. The number of nitrogens with one attached hydrogen (secondary N) is 3. The molecule has 25 heteroatoms. The van der Waals surface area contributed by atoms with E-state index in [0.29, 0.717) is 78.2 Å². The molecule has 2 aromatic carbocycles. The summed E-state index contributed by atoms with van der Waals surface area (Å²) in [5.41, 5.74) is 9.41. The van der Waals surface area contributed by atoms with Crippen molar-refractivity contribution in [3.05, 3.63) is 106 Å². The number of sulfonamides is 1. The van der Waals surface area contributed by atoms with Gasteiger partial charge in [-0.1, -0.05) is 22.4 Å². The Morgan fingerprint density at radius 3 is 1.53 bits per heavy atom. The lowest BCUT2D eigenvalue weighted by molar-refractivity contribution is -0.168. The van der Waals surface area contributed by atoms with Crippen LogP contribution in [0.2, 0.25) is 0 Å². The van der Waals surface area contributed by atoms with Gasteiger partial charge in [-0.3, -0.25) is 9.59 Å².